The van der Waals surface area contributed by atoms with Crippen molar-refractivity contribution >= 4 is 28.2 Å². The van der Waals surface area contributed by atoms with Gasteiger partial charge in [0.25, 0.3) is 0 Å². The molecule has 3 N–H and O–H groups in total. The Kier molecular flexibility index (Phi) is 7.96. The third-order valence-electron chi connectivity index (χ3n) is 4.75. The van der Waals surface area contributed by atoms with E-state index in [4.69, 9.17) is 9.47 Å². The van der Waals surface area contributed by atoms with Gasteiger partial charge in [0.05, 0.1) is 37.0 Å². The van der Waals surface area contributed by atoms with E-state index in [9.17, 15) is 0 Å². The third kappa shape index (κ3) is 5.66. The van der Waals surface area contributed by atoms with Crippen molar-refractivity contribution in [3.8, 4) is 11.5 Å². The fourth-order valence-electron chi connectivity index (χ4n) is 3.23. The number of hydrogen-bond acceptors (Lipinski definition) is 5. The van der Waals surface area contributed by atoms with Crippen molar-refractivity contribution in [3.05, 3.63) is 40.0 Å². The Labute approximate surface area is 181 Å². The largest absolute Gasteiger partial charge is 0.497 e. The summed E-state index contributed by atoms with van der Waals surface area (Å²) < 4.78 is 10.8. The van der Waals surface area contributed by atoms with Gasteiger partial charge in [0, 0.05) is 41.7 Å². The Morgan fingerprint density at radius 1 is 1.17 bits per heavy atom. The summed E-state index contributed by atoms with van der Waals surface area (Å²) in [7, 11) is 3.35. The number of ether oxygens (including phenoxy) is 2. The molecule has 0 bridgehead atoms. The van der Waals surface area contributed by atoms with Gasteiger partial charge in [0.1, 0.15) is 11.5 Å². The van der Waals surface area contributed by atoms with Crippen molar-refractivity contribution in [3.63, 3.8) is 0 Å². The van der Waals surface area contributed by atoms with Gasteiger partial charge in [0.15, 0.2) is 5.96 Å². The molecule has 7 nitrogen and oxygen atoms in total. The number of methoxy groups -OCH3 is 2. The van der Waals surface area contributed by atoms with Crippen LogP contribution in [0.1, 0.15) is 36.7 Å². The van der Waals surface area contributed by atoms with E-state index in [0.29, 0.717) is 6.54 Å². The second kappa shape index (κ2) is 10.9. The molecular formula is C22H31N5O2S. The zero-order valence-electron chi connectivity index (χ0n) is 18.2. The molecule has 0 aliphatic rings. The highest BCUT2D eigenvalue weighted by Gasteiger charge is 2.09. The number of nitrogens with one attached hydrogen (secondary N) is 3. The number of guanidine groups is 1. The topological polar surface area (TPSA) is 83.6 Å². The quantitative estimate of drug-likeness (QED) is 0.259. The van der Waals surface area contributed by atoms with Crippen molar-refractivity contribution in [1.82, 2.24) is 20.6 Å². The van der Waals surface area contributed by atoms with Crippen LogP contribution in [0.2, 0.25) is 0 Å². The summed E-state index contributed by atoms with van der Waals surface area (Å²) in [6.07, 6.45) is 2.88. The molecule has 0 aliphatic heterocycles. The third-order valence-corrected chi connectivity index (χ3v) is 5.79. The summed E-state index contributed by atoms with van der Waals surface area (Å²) in [5, 5.41) is 11.0. The number of aliphatic imine (C=N–C) groups is 1. The monoisotopic (exact) mass is 429 g/mol. The van der Waals surface area contributed by atoms with Crippen molar-refractivity contribution in [1.29, 1.82) is 0 Å². The minimum Gasteiger partial charge on any atom is -0.497 e. The van der Waals surface area contributed by atoms with Gasteiger partial charge in [-0.2, -0.15) is 0 Å². The van der Waals surface area contributed by atoms with Crippen LogP contribution in [-0.4, -0.2) is 43.2 Å². The zero-order chi connectivity index (χ0) is 21.3. The highest BCUT2D eigenvalue weighted by Crippen LogP contribution is 2.31. The molecule has 30 heavy (non-hydrogen) atoms. The van der Waals surface area contributed by atoms with E-state index in [1.165, 1.54) is 5.69 Å². The van der Waals surface area contributed by atoms with Crippen LogP contribution < -0.4 is 20.1 Å². The molecule has 0 aliphatic carbocycles. The van der Waals surface area contributed by atoms with Crippen LogP contribution in [0.15, 0.2) is 28.6 Å². The van der Waals surface area contributed by atoms with Crippen LogP contribution in [-0.2, 0) is 19.4 Å². The molecular weight excluding hydrogens is 398 g/mol. The first-order valence-electron chi connectivity index (χ1n) is 10.4. The van der Waals surface area contributed by atoms with Crippen molar-refractivity contribution in [2.75, 3.05) is 27.3 Å². The van der Waals surface area contributed by atoms with Crippen LogP contribution in [0.3, 0.4) is 0 Å². The van der Waals surface area contributed by atoms with E-state index in [1.54, 1.807) is 25.6 Å². The molecule has 0 spiro atoms. The smallest absolute Gasteiger partial charge is 0.191 e. The van der Waals surface area contributed by atoms with Gasteiger partial charge in [-0.3, -0.25) is 0 Å². The lowest BCUT2D eigenvalue weighted by Crippen LogP contribution is -2.37. The van der Waals surface area contributed by atoms with E-state index < -0.39 is 0 Å². The molecule has 0 amide bonds. The Morgan fingerprint density at radius 2 is 2.03 bits per heavy atom. The van der Waals surface area contributed by atoms with Crippen LogP contribution in [0.4, 0.5) is 0 Å². The lowest BCUT2D eigenvalue weighted by molar-refractivity contribution is 0.398. The second-order valence-electron chi connectivity index (χ2n) is 6.90. The number of benzene rings is 1. The van der Waals surface area contributed by atoms with Crippen LogP contribution >= 0.6 is 11.3 Å². The van der Waals surface area contributed by atoms with E-state index >= 15 is 0 Å². The fraction of sp³-hybridized carbons (Fsp3) is 0.455. The van der Waals surface area contributed by atoms with Gasteiger partial charge < -0.3 is 25.1 Å². The molecule has 0 radical (unpaired) electrons. The molecule has 0 atom stereocenters. The number of thiazole rings is 1. The first-order chi connectivity index (χ1) is 14.7. The molecule has 0 saturated heterocycles. The van der Waals surface area contributed by atoms with E-state index in [0.717, 1.165) is 71.4 Å². The van der Waals surface area contributed by atoms with Gasteiger partial charge in [-0.15, -0.1) is 11.3 Å². The molecule has 2 aromatic heterocycles. The summed E-state index contributed by atoms with van der Waals surface area (Å²) in [5.74, 6) is 2.43. The summed E-state index contributed by atoms with van der Waals surface area (Å²) in [4.78, 5) is 12.7. The number of hydrogen-bond donors (Lipinski definition) is 3. The van der Waals surface area contributed by atoms with E-state index in [1.807, 2.05) is 12.1 Å². The standard InChI is InChI=1S/C22H31N5O2S/c1-5-21-27-16(14-30-21)13-25-22(23-6-2)24-9-7-8-15-10-18-19(26-15)11-17(28-3)12-20(18)29-4/h10-12,14,26H,5-9,13H2,1-4H3,(H2,23,24,25). The second-order valence-corrected chi connectivity index (χ2v) is 7.84. The van der Waals surface area contributed by atoms with Crippen molar-refractivity contribution in [2.45, 2.75) is 39.7 Å². The summed E-state index contributed by atoms with van der Waals surface area (Å²) >= 11 is 1.70. The zero-order valence-corrected chi connectivity index (χ0v) is 19.0. The minimum absolute atomic E-state index is 0.593. The SMILES string of the molecule is CCNC(=NCc1csc(CC)n1)NCCCc1cc2c(OC)cc(OC)cc2[nH]1. The molecule has 3 rings (SSSR count). The number of aryl methyl sites for hydroxylation is 2. The normalized spacial score (nSPS) is 11.7. The lowest BCUT2D eigenvalue weighted by atomic mass is 10.2. The number of aromatic amines is 1. The van der Waals surface area contributed by atoms with Crippen molar-refractivity contribution in [2.24, 2.45) is 4.99 Å². The van der Waals surface area contributed by atoms with Gasteiger partial charge in [-0.1, -0.05) is 6.92 Å². The van der Waals surface area contributed by atoms with E-state index in [-0.39, 0.29) is 0 Å². The number of nitrogens with zero attached hydrogens (tertiary/aromatic N) is 2. The predicted octanol–water partition coefficient (Wildman–Crippen LogP) is 3.89. The van der Waals surface area contributed by atoms with Crippen LogP contribution in [0.5, 0.6) is 11.5 Å². The predicted molar refractivity (Wildman–Crippen MR) is 124 cm³/mol. The molecule has 0 fully saturated rings. The lowest BCUT2D eigenvalue weighted by Gasteiger charge is -2.10. The molecule has 0 unspecified atom stereocenters. The maximum Gasteiger partial charge on any atom is 0.191 e. The molecule has 3 aromatic rings. The van der Waals surface area contributed by atoms with Gasteiger partial charge in [-0.25, -0.2) is 9.98 Å². The number of H-pyrrole nitrogens is 1. The Balaban J connectivity index is 1.54. The Hall–Kier alpha value is -2.74. The average Bonchev–Trinajstić information content (AvgIpc) is 3.40. The molecule has 162 valence electrons. The molecule has 8 heteroatoms. The molecule has 2 heterocycles. The fourth-order valence-corrected chi connectivity index (χ4v) is 3.97. The minimum atomic E-state index is 0.593. The van der Waals surface area contributed by atoms with E-state index in [2.05, 4.69) is 50.9 Å². The molecule has 1 aromatic carbocycles. The Bertz CT molecular complexity index is 979. The summed E-state index contributed by atoms with van der Waals surface area (Å²) in [5.41, 5.74) is 3.23. The maximum absolute atomic E-state index is 5.50. The Morgan fingerprint density at radius 3 is 2.73 bits per heavy atom. The number of rotatable bonds is 10. The van der Waals surface area contributed by atoms with Crippen LogP contribution in [0, 0.1) is 0 Å². The van der Waals surface area contributed by atoms with Gasteiger partial charge in [0.2, 0.25) is 0 Å². The maximum atomic E-state index is 5.50. The summed E-state index contributed by atoms with van der Waals surface area (Å²) in [6.45, 7) is 6.44. The summed E-state index contributed by atoms with van der Waals surface area (Å²) in [6, 6.07) is 6.06. The number of fused-ring (bicyclic) bond motifs is 1. The highest BCUT2D eigenvalue weighted by molar-refractivity contribution is 7.09. The van der Waals surface area contributed by atoms with Crippen molar-refractivity contribution < 1.29 is 9.47 Å². The molecule has 0 saturated carbocycles. The average molecular weight is 430 g/mol. The number of aromatic nitrogens is 2. The first kappa shape index (κ1) is 22.0. The van der Waals surface area contributed by atoms with Crippen LogP contribution in [0.25, 0.3) is 10.9 Å². The van der Waals surface area contributed by atoms with Gasteiger partial charge in [-0.05, 0) is 32.3 Å². The highest BCUT2D eigenvalue weighted by atomic mass is 32.1. The van der Waals surface area contributed by atoms with Gasteiger partial charge >= 0.3 is 0 Å². The first-order valence-corrected chi connectivity index (χ1v) is 11.2.